The van der Waals surface area contributed by atoms with E-state index in [9.17, 15) is 4.79 Å². The van der Waals surface area contributed by atoms with Gasteiger partial charge >= 0.3 is 0 Å². The lowest BCUT2D eigenvalue weighted by molar-refractivity contribution is -0.139. The second-order valence-electron chi connectivity index (χ2n) is 8.15. The van der Waals surface area contributed by atoms with Gasteiger partial charge in [-0.05, 0) is 25.8 Å². The second-order valence-corrected chi connectivity index (χ2v) is 8.58. The van der Waals surface area contributed by atoms with Crippen LogP contribution in [0.3, 0.4) is 0 Å². The van der Waals surface area contributed by atoms with E-state index >= 15 is 0 Å². The molecule has 1 aromatic rings. The number of halogens is 1. The molecular weight excluding hydrogens is 388 g/mol. The van der Waals surface area contributed by atoms with Crippen LogP contribution in [0.15, 0.2) is 17.3 Å². The van der Waals surface area contributed by atoms with Crippen LogP contribution in [-0.4, -0.2) is 84.0 Å². The van der Waals surface area contributed by atoms with Gasteiger partial charge in [0.1, 0.15) is 0 Å². The highest BCUT2D eigenvalue weighted by Crippen LogP contribution is 2.28. The quantitative estimate of drug-likeness (QED) is 0.539. The zero-order valence-electron chi connectivity index (χ0n) is 18.0. The number of carbonyl (C=O) groups is 1. The minimum absolute atomic E-state index is 0.309. The Bertz CT molecular complexity index is 706. The third kappa shape index (κ3) is 5.89. The van der Waals surface area contributed by atoms with Gasteiger partial charge in [0.2, 0.25) is 5.91 Å². The Balaban J connectivity index is 1.45. The molecule has 0 atom stereocenters. The number of carbonyl (C=O) groups excluding carboxylic acids is 1. The fourth-order valence-corrected chi connectivity index (χ4v) is 4.19. The van der Waals surface area contributed by atoms with Crippen molar-refractivity contribution in [2.45, 2.75) is 32.7 Å². The summed E-state index contributed by atoms with van der Waals surface area (Å²) in [6.45, 7) is 8.93. The highest BCUT2D eigenvalue weighted by Gasteiger charge is 2.31. The lowest BCUT2D eigenvalue weighted by atomic mass is 9.84. The van der Waals surface area contributed by atoms with Gasteiger partial charge in [0.25, 0.3) is 0 Å². The average molecular weight is 423 g/mol. The zero-order valence-corrected chi connectivity index (χ0v) is 18.8. The third-order valence-electron chi connectivity index (χ3n) is 5.99. The molecule has 0 bridgehead atoms. The Labute approximate surface area is 179 Å². The Morgan fingerprint density at radius 3 is 2.59 bits per heavy atom. The number of aliphatic imine (C=N–C) groups is 1. The van der Waals surface area contributed by atoms with Crippen molar-refractivity contribution in [3.05, 3.63) is 23.0 Å². The number of aromatic nitrogens is 1. The molecule has 3 rings (SSSR count). The summed E-state index contributed by atoms with van der Waals surface area (Å²) >= 11 is 6.10. The van der Waals surface area contributed by atoms with Gasteiger partial charge in [-0.3, -0.25) is 14.7 Å². The fourth-order valence-electron chi connectivity index (χ4n) is 3.91. The molecule has 2 heterocycles. The summed E-state index contributed by atoms with van der Waals surface area (Å²) in [5.41, 5.74) is 1.15. The summed E-state index contributed by atoms with van der Waals surface area (Å²) in [4.78, 5) is 23.8. The molecule has 1 N–H and O–H groups in total. The average Bonchev–Trinajstić information content (AvgIpc) is 2.97. The first-order chi connectivity index (χ1) is 14.0. The summed E-state index contributed by atoms with van der Waals surface area (Å²) in [7, 11) is 4.06. The van der Waals surface area contributed by atoms with Crippen LogP contribution in [0.4, 0.5) is 0 Å². The van der Waals surface area contributed by atoms with Crippen LogP contribution < -0.4 is 5.32 Å². The van der Waals surface area contributed by atoms with E-state index in [0.29, 0.717) is 11.8 Å². The predicted octanol–water partition coefficient (Wildman–Crippen LogP) is 2.02. The maximum absolute atomic E-state index is 12.4. The van der Waals surface area contributed by atoms with Crippen LogP contribution in [0.1, 0.15) is 31.9 Å². The number of guanidine groups is 1. The molecule has 1 saturated heterocycles. The van der Waals surface area contributed by atoms with Gasteiger partial charge in [-0.2, -0.15) is 0 Å². The molecule has 0 spiro atoms. The highest BCUT2D eigenvalue weighted by atomic mass is 35.5. The number of aryl methyl sites for hydroxylation is 1. The molecule has 0 radical (unpaired) electrons. The van der Waals surface area contributed by atoms with Crippen molar-refractivity contribution in [2.24, 2.45) is 18.0 Å². The maximum atomic E-state index is 12.4. The van der Waals surface area contributed by atoms with E-state index < -0.39 is 0 Å². The van der Waals surface area contributed by atoms with E-state index in [4.69, 9.17) is 16.6 Å². The van der Waals surface area contributed by atoms with Gasteiger partial charge in [0, 0.05) is 71.2 Å². The smallest absolute Gasteiger partial charge is 0.225 e. The lowest BCUT2D eigenvalue weighted by Crippen LogP contribution is -2.51. The topological polar surface area (TPSA) is 56.1 Å². The monoisotopic (exact) mass is 422 g/mol. The molecule has 1 saturated carbocycles. The molecule has 29 heavy (non-hydrogen) atoms. The summed E-state index contributed by atoms with van der Waals surface area (Å²) < 4.78 is 2.05. The number of hydrogen-bond acceptors (Lipinski definition) is 3. The van der Waals surface area contributed by atoms with Crippen LogP contribution in [-0.2, 0) is 18.4 Å². The zero-order chi connectivity index (χ0) is 20.8. The number of nitrogens with one attached hydrogen (secondary N) is 1. The van der Waals surface area contributed by atoms with Crippen molar-refractivity contribution in [1.82, 2.24) is 24.6 Å². The van der Waals surface area contributed by atoms with Crippen LogP contribution in [0.25, 0.3) is 0 Å². The summed E-state index contributed by atoms with van der Waals surface area (Å²) in [5, 5.41) is 4.13. The van der Waals surface area contributed by atoms with Gasteiger partial charge < -0.3 is 19.7 Å². The van der Waals surface area contributed by atoms with E-state index in [-0.39, 0.29) is 0 Å². The molecule has 162 valence electrons. The Hall–Kier alpha value is -1.73. The van der Waals surface area contributed by atoms with E-state index in [1.807, 2.05) is 30.9 Å². The van der Waals surface area contributed by atoms with Crippen molar-refractivity contribution in [3.8, 4) is 0 Å². The van der Waals surface area contributed by atoms with Crippen molar-refractivity contribution < 1.29 is 4.79 Å². The number of rotatable bonds is 7. The molecule has 2 aliphatic rings. The number of nitrogens with zero attached hydrogens (tertiary/aromatic N) is 5. The number of amides is 1. The van der Waals surface area contributed by atoms with Crippen molar-refractivity contribution in [1.29, 1.82) is 0 Å². The van der Waals surface area contributed by atoms with E-state index in [2.05, 4.69) is 26.9 Å². The lowest BCUT2D eigenvalue weighted by Gasteiger charge is -2.38. The van der Waals surface area contributed by atoms with Gasteiger partial charge in [0.05, 0.1) is 18.1 Å². The maximum Gasteiger partial charge on any atom is 0.225 e. The minimum Gasteiger partial charge on any atom is -0.357 e. The molecule has 0 aromatic carbocycles. The van der Waals surface area contributed by atoms with Crippen LogP contribution >= 0.6 is 11.6 Å². The standard InChI is InChI=1S/C21H35ClN6O/c1-4-23-21(26(3)16-19-14-18(22)15-25(19)2)24-8-9-27-10-12-28(13-11-27)20(29)17-6-5-7-17/h14-15,17H,4-13,16H2,1-3H3,(H,23,24). The molecule has 1 aromatic heterocycles. The minimum atomic E-state index is 0.309. The Kier molecular flexibility index (Phi) is 7.84. The Morgan fingerprint density at radius 1 is 1.31 bits per heavy atom. The van der Waals surface area contributed by atoms with Gasteiger partial charge in [-0.25, -0.2) is 0 Å². The first-order valence-corrected chi connectivity index (χ1v) is 11.2. The normalized spacial score (nSPS) is 18.6. The third-order valence-corrected chi connectivity index (χ3v) is 6.19. The summed E-state index contributed by atoms with van der Waals surface area (Å²) in [5.74, 6) is 1.60. The molecule has 1 amide bonds. The first kappa shape index (κ1) is 22.0. The van der Waals surface area contributed by atoms with Crippen LogP contribution in [0.5, 0.6) is 0 Å². The highest BCUT2D eigenvalue weighted by molar-refractivity contribution is 6.30. The molecule has 1 aliphatic heterocycles. The van der Waals surface area contributed by atoms with Gasteiger partial charge in [-0.15, -0.1) is 0 Å². The molecule has 7 nitrogen and oxygen atoms in total. The van der Waals surface area contributed by atoms with Crippen molar-refractivity contribution >= 4 is 23.5 Å². The predicted molar refractivity (Wildman–Crippen MR) is 118 cm³/mol. The van der Waals surface area contributed by atoms with E-state index in [1.165, 1.54) is 6.42 Å². The van der Waals surface area contributed by atoms with Gasteiger partial charge in [0.15, 0.2) is 5.96 Å². The molecular formula is C21H35ClN6O. The van der Waals surface area contributed by atoms with Gasteiger partial charge in [-0.1, -0.05) is 18.0 Å². The molecule has 0 unspecified atom stereocenters. The summed E-state index contributed by atoms with van der Waals surface area (Å²) in [6.07, 6.45) is 5.31. The number of hydrogen-bond donors (Lipinski definition) is 1. The largest absolute Gasteiger partial charge is 0.357 e. The molecule has 1 aliphatic carbocycles. The number of piperazine rings is 1. The fraction of sp³-hybridized carbons (Fsp3) is 0.714. The van der Waals surface area contributed by atoms with E-state index in [0.717, 1.165) is 81.9 Å². The van der Waals surface area contributed by atoms with Crippen LogP contribution in [0.2, 0.25) is 5.02 Å². The molecule has 2 fully saturated rings. The van der Waals surface area contributed by atoms with E-state index in [1.54, 1.807) is 0 Å². The van der Waals surface area contributed by atoms with Crippen molar-refractivity contribution in [3.63, 3.8) is 0 Å². The SMILES string of the molecule is CCNC(=NCCN1CCN(C(=O)C2CCC2)CC1)N(C)Cc1cc(Cl)cn1C. The molecule has 8 heteroatoms. The van der Waals surface area contributed by atoms with Crippen molar-refractivity contribution in [2.75, 3.05) is 52.9 Å². The second kappa shape index (κ2) is 10.3. The first-order valence-electron chi connectivity index (χ1n) is 10.8. The Morgan fingerprint density at radius 2 is 2.03 bits per heavy atom. The van der Waals surface area contributed by atoms with Crippen LogP contribution in [0, 0.1) is 5.92 Å². The summed E-state index contributed by atoms with van der Waals surface area (Å²) in [6, 6.07) is 1.99.